The van der Waals surface area contributed by atoms with Crippen molar-refractivity contribution in [3.8, 4) is 11.1 Å². The maximum Gasteiger partial charge on any atom is 0.0427 e. The Morgan fingerprint density at radius 3 is 2.42 bits per heavy atom. The number of benzene rings is 2. The van der Waals surface area contributed by atoms with Crippen LogP contribution < -0.4 is 5.73 Å². The normalized spacial score (nSPS) is 17.5. The molecule has 2 N–H and O–H groups in total. The van der Waals surface area contributed by atoms with Crippen molar-refractivity contribution in [2.75, 3.05) is 6.54 Å². The number of aromatic nitrogens is 1. The molecule has 2 heterocycles. The highest BCUT2D eigenvalue weighted by Gasteiger charge is 2.21. The summed E-state index contributed by atoms with van der Waals surface area (Å²) in [5, 5.41) is 0. The summed E-state index contributed by atoms with van der Waals surface area (Å²) < 4.78 is 0. The van der Waals surface area contributed by atoms with Crippen LogP contribution in [0.1, 0.15) is 22.7 Å². The average Bonchev–Trinajstić information content (AvgIpc) is 2.63. The van der Waals surface area contributed by atoms with Gasteiger partial charge < -0.3 is 5.73 Å². The minimum atomic E-state index is 0.103. The van der Waals surface area contributed by atoms with E-state index in [1.165, 1.54) is 27.8 Å². The van der Waals surface area contributed by atoms with Crippen LogP contribution >= 0.6 is 0 Å². The Bertz CT molecular complexity index is 812. The van der Waals surface area contributed by atoms with E-state index in [2.05, 4.69) is 58.4 Å². The van der Waals surface area contributed by atoms with E-state index in [4.69, 9.17) is 5.73 Å². The molecule has 1 atom stereocenters. The second-order valence-electron chi connectivity index (χ2n) is 6.41. The molecule has 1 aliphatic rings. The molecular weight excluding hydrogens is 294 g/mol. The number of nitrogens with zero attached hydrogens (tertiary/aromatic N) is 2. The number of hydrogen-bond donors (Lipinski definition) is 1. The molecule has 0 aliphatic carbocycles. The lowest BCUT2D eigenvalue weighted by Crippen LogP contribution is -2.36. The molecule has 0 saturated carbocycles. The molecule has 4 rings (SSSR count). The van der Waals surface area contributed by atoms with Crippen molar-refractivity contribution < 1.29 is 0 Å². The lowest BCUT2D eigenvalue weighted by molar-refractivity contribution is 0.223. The third kappa shape index (κ3) is 3.09. The van der Waals surface area contributed by atoms with Gasteiger partial charge in [0.05, 0.1) is 0 Å². The van der Waals surface area contributed by atoms with Crippen molar-refractivity contribution in [3.05, 3.63) is 89.7 Å². The van der Waals surface area contributed by atoms with E-state index >= 15 is 0 Å². The molecule has 0 spiro atoms. The summed E-state index contributed by atoms with van der Waals surface area (Å²) in [6.45, 7) is 2.80. The Labute approximate surface area is 142 Å². The summed E-state index contributed by atoms with van der Waals surface area (Å²) in [5.41, 5.74) is 12.7. The third-order valence-electron chi connectivity index (χ3n) is 4.68. The van der Waals surface area contributed by atoms with E-state index < -0.39 is 0 Å². The molecule has 24 heavy (non-hydrogen) atoms. The van der Waals surface area contributed by atoms with E-state index in [0.29, 0.717) is 0 Å². The Hall–Kier alpha value is -2.49. The second-order valence-corrected chi connectivity index (χ2v) is 6.41. The fourth-order valence-corrected chi connectivity index (χ4v) is 3.45. The van der Waals surface area contributed by atoms with E-state index in [9.17, 15) is 0 Å². The fraction of sp³-hybridized carbons (Fsp3) is 0.190. The Morgan fingerprint density at radius 2 is 1.62 bits per heavy atom. The topological polar surface area (TPSA) is 42.1 Å². The smallest absolute Gasteiger partial charge is 0.0427 e. The summed E-state index contributed by atoms with van der Waals surface area (Å²) in [4.78, 5) is 6.50. The van der Waals surface area contributed by atoms with Gasteiger partial charge in [0.1, 0.15) is 0 Å². The third-order valence-corrected chi connectivity index (χ3v) is 4.68. The van der Waals surface area contributed by atoms with Gasteiger partial charge in [-0.1, -0.05) is 48.5 Å². The molecule has 2 aromatic carbocycles. The summed E-state index contributed by atoms with van der Waals surface area (Å²) in [7, 11) is 0. The van der Waals surface area contributed by atoms with E-state index in [0.717, 1.165) is 19.6 Å². The second kappa shape index (κ2) is 6.56. The molecule has 0 bridgehead atoms. The van der Waals surface area contributed by atoms with Crippen LogP contribution in [0.5, 0.6) is 0 Å². The van der Waals surface area contributed by atoms with Crippen molar-refractivity contribution in [2.24, 2.45) is 5.73 Å². The van der Waals surface area contributed by atoms with Gasteiger partial charge in [0.15, 0.2) is 0 Å². The highest BCUT2D eigenvalue weighted by Crippen LogP contribution is 2.26. The molecule has 1 aromatic heterocycles. The minimum Gasteiger partial charge on any atom is -0.323 e. The van der Waals surface area contributed by atoms with Gasteiger partial charge in [-0.2, -0.15) is 0 Å². The van der Waals surface area contributed by atoms with Gasteiger partial charge >= 0.3 is 0 Å². The average molecular weight is 315 g/mol. The first-order chi connectivity index (χ1) is 11.8. The monoisotopic (exact) mass is 315 g/mol. The molecule has 0 amide bonds. The first-order valence-corrected chi connectivity index (χ1v) is 8.35. The summed E-state index contributed by atoms with van der Waals surface area (Å²) in [6, 6.07) is 21.5. The lowest BCUT2D eigenvalue weighted by Gasteiger charge is -2.32. The number of pyridine rings is 1. The molecule has 0 fully saturated rings. The zero-order chi connectivity index (χ0) is 16.4. The molecule has 1 unspecified atom stereocenters. The number of rotatable bonds is 3. The zero-order valence-corrected chi connectivity index (χ0v) is 13.6. The van der Waals surface area contributed by atoms with Gasteiger partial charge in [-0.3, -0.25) is 9.88 Å². The van der Waals surface area contributed by atoms with Gasteiger partial charge in [-0.25, -0.2) is 0 Å². The van der Waals surface area contributed by atoms with Crippen LogP contribution in [0.2, 0.25) is 0 Å². The lowest BCUT2D eigenvalue weighted by atomic mass is 9.95. The Kier molecular flexibility index (Phi) is 4.11. The maximum atomic E-state index is 6.34. The maximum absolute atomic E-state index is 6.34. The summed E-state index contributed by atoms with van der Waals surface area (Å²) in [6.07, 6.45) is 3.66. The molecule has 0 saturated heterocycles. The molecule has 3 heteroatoms. The predicted octanol–water partition coefficient (Wildman–Crippen LogP) is 3.76. The number of nitrogens with two attached hydrogens (primary N) is 1. The van der Waals surface area contributed by atoms with Crippen molar-refractivity contribution in [1.82, 2.24) is 9.88 Å². The molecule has 120 valence electrons. The Balaban J connectivity index is 1.48. The Morgan fingerprint density at radius 1 is 0.917 bits per heavy atom. The predicted molar refractivity (Wildman–Crippen MR) is 97.2 cm³/mol. The van der Waals surface area contributed by atoms with Crippen LogP contribution in [-0.2, 0) is 13.1 Å². The quantitative estimate of drug-likeness (QED) is 0.800. The largest absolute Gasteiger partial charge is 0.323 e. The summed E-state index contributed by atoms with van der Waals surface area (Å²) >= 11 is 0. The van der Waals surface area contributed by atoms with Crippen molar-refractivity contribution in [3.63, 3.8) is 0 Å². The van der Waals surface area contributed by atoms with E-state index in [1.807, 2.05) is 24.5 Å². The highest BCUT2D eigenvalue weighted by atomic mass is 15.1. The molecule has 1 aliphatic heterocycles. The van der Waals surface area contributed by atoms with Crippen LogP contribution in [0.4, 0.5) is 0 Å². The van der Waals surface area contributed by atoms with E-state index in [-0.39, 0.29) is 6.04 Å². The zero-order valence-electron chi connectivity index (χ0n) is 13.6. The van der Waals surface area contributed by atoms with Gasteiger partial charge in [0.2, 0.25) is 0 Å². The van der Waals surface area contributed by atoms with Crippen LogP contribution in [-0.4, -0.2) is 16.4 Å². The highest BCUT2D eigenvalue weighted by molar-refractivity contribution is 5.62. The SMILES string of the molecule is NC1CN(Cc2ccc(-c3ccncc3)cc2)Cc2ccccc21. The van der Waals surface area contributed by atoms with Gasteiger partial charge in [-0.05, 0) is 39.9 Å². The standard InChI is InChI=1S/C21H21N3/c22-21-15-24(14-19-3-1-2-4-20(19)21)13-16-5-7-17(8-6-16)18-9-11-23-12-10-18/h1-12,21H,13-15,22H2. The van der Waals surface area contributed by atoms with Gasteiger partial charge in [0.25, 0.3) is 0 Å². The summed E-state index contributed by atoms with van der Waals surface area (Å²) in [5.74, 6) is 0. The molecule has 3 nitrogen and oxygen atoms in total. The van der Waals surface area contributed by atoms with Crippen molar-refractivity contribution in [2.45, 2.75) is 19.1 Å². The van der Waals surface area contributed by atoms with Crippen molar-refractivity contribution >= 4 is 0 Å². The van der Waals surface area contributed by atoms with Crippen LogP contribution in [0.3, 0.4) is 0 Å². The molecule has 3 aromatic rings. The first-order valence-electron chi connectivity index (χ1n) is 8.35. The minimum absolute atomic E-state index is 0.103. The first kappa shape index (κ1) is 15.1. The van der Waals surface area contributed by atoms with E-state index in [1.54, 1.807) is 0 Å². The van der Waals surface area contributed by atoms with Crippen molar-refractivity contribution in [1.29, 1.82) is 0 Å². The van der Waals surface area contributed by atoms with Gasteiger partial charge in [0, 0.05) is 38.1 Å². The fourth-order valence-electron chi connectivity index (χ4n) is 3.45. The number of hydrogen-bond acceptors (Lipinski definition) is 3. The molecular formula is C21H21N3. The van der Waals surface area contributed by atoms with Crippen LogP contribution in [0.15, 0.2) is 73.1 Å². The molecule has 0 radical (unpaired) electrons. The van der Waals surface area contributed by atoms with Gasteiger partial charge in [-0.15, -0.1) is 0 Å². The number of fused-ring (bicyclic) bond motifs is 1. The van der Waals surface area contributed by atoms with Crippen LogP contribution in [0, 0.1) is 0 Å². The van der Waals surface area contributed by atoms with Crippen LogP contribution in [0.25, 0.3) is 11.1 Å².